The molecule has 3 nitrogen and oxygen atoms in total. The summed E-state index contributed by atoms with van der Waals surface area (Å²) in [6.07, 6.45) is 1.46. The first-order valence-electron chi connectivity index (χ1n) is 5.90. The molecule has 1 aromatic carbocycles. The summed E-state index contributed by atoms with van der Waals surface area (Å²) in [5.41, 5.74) is 2.25. The van der Waals surface area contributed by atoms with Crippen LogP contribution in [0.5, 0.6) is 0 Å². The van der Waals surface area contributed by atoms with E-state index < -0.39 is 5.92 Å². The number of amides is 1. The zero-order chi connectivity index (χ0) is 12.7. The molecule has 0 aromatic heterocycles. The number of nitriles is 1. The van der Waals surface area contributed by atoms with Gasteiger partial charge in [-0.25, -0.2) is 0 Å². The van der Waals surface area contributed by atoms with Gasteiger partial charge in [-0.15, -0.1) is 0 Å². The van der Waals surface area contributed by atoms with Crippen LogP contribution in [0.3, 0.4) is 0 Å². The molecule has 1 unspecified atom stereocenters. The maximum atomic E-state index is 11.7. The fourth-order valence-electron chi connectivity index (χ4n) is 1.56. The molecule has 0 saturated heterocycles. The van der Waals surface area contributed by atoms with Gasteiger partial charge in [0.05, 0.1) is 6.07 Å². The van der Waals surface area contributed by atoms with Gasteiger partial charge in [-0.2, -0.15) is 5.26 Å². The Morgan fingerprint density at radius 2 is 2.06 bits per heavy atom. The molecule has 0 spiro atoms. The lowest BCUT2D eigenvalue weighted by atomic mass is 10.0. The van der Waals surface area contributed by atoms with Crippen LogP contribution in [-0.4, -0.2) is 5.91 Å². The lowest BCUT2D eigenvalue weighted by Crippen LogP contribution is -2.29. The van der Waals surface area contributed by atoms with Crippen molar-refractivity contribution in [3.05, 3.63) is 35.4 Å². The smallest absolute Gasteiger partial charge is 0.237 e. The van der Waals surface area contributed by atoms with Crippen LogP contribution in [0.1, 0.15) is 30.9 Å². The number of hydrogen-bond acceptors (Lipinski definition) is 2. The van der Waals surface area contributed by atoms with Gasteiger partial charge in [-0.05, 0) is 18.9 Å². The van der Waals surface area contributed by atoms with Crippen LogP contribution >= 0.6 is 0 Å². The van der Waals surface area contributed by atoms with Gasteiger partial charge in [0.1, 0.15) is 5.92 Å². The quantitative estimate of drug-likeness (QED) is 0.845. The van der Waals surface area contributed by atoms with Crippen LogP contribution < -0.4 is 5.32 Å². The molecule has 0 heterocycles. The standard InChI is InChI=1S/C14H18N2O/c1-3-4-13(9-15)14(17)16-10-12-7-5-11(2)6-8-12/h5-8,13H,3-4,10H2,1-2H3,(H,16,17). The minimum atomic E-state index is -0.523. The number of nitrogens with one attached hydrogen (secondary N) is 1. The van der Waals surface area contributed by atoms with E-state index in [1.54, 1.807) is 0 Å². The van der Waals surface area contributed by atoms with E-state index in [4.69, 9.17) is 5.26 Å². The molecule has 1 aromatic rings. The number of carbonyl (C=O) groups is 1. The van der Waals surface area contributed by atoms with E-state index >= 15 is 0 Å². The van der Waals surface area contributed by atoms with Crippen LogP contribution in [0.2, 0.25) is 0 Å². The Labute approximate surface area is 102 Å². The summed E-state index contributed by atoms with van der Waals surface area (Å²) in [4.78, 5) is 11.7. The Balaban J connectivity index is 2.47. The third-order valence-corrected chi connectivity index (χ3v) is 2.64. The van der Waals surface area contributed by atoms with Crippen LogP contribution in [0, 0.1) is 24.2 Å². The second-order valence-electron chi connectivity index (χ2n) is 4.17. The van der Waals surface area contributed by atoms with Gasteiger partial charge < -0.3 is 5.32 Å². The zero-order valence-corrected chi connectivity index (χ0v) is 10.4. The molecule has 0 aliphatic carbocycles. The largest absolute Gasteiger partial charge is 0.351 e. The van der Waals surface area contributed by atoms with Gasteiger partial charge >= 0.3 is 0 Å². The van der Waals surface area contributed by atoms with Crippen molar-refractivity contribution in [1.29, 1.82) is 5.26 Å². The number of aryl methyl sites for hydroxylation is 1. The maximum Gasteiger partial charge on any atom is 0.237 e. The highest BCUT2D eigenvalue weighted by molar-refractivity contribution is 5.80. The highest BCUT2D eigenvalue weighted by atomic mass is 16.1. The predicted octanol–water partition coefficient (Wildman–Crippen LogP) is 2.55. The Morgan fingerprint density at radius 1 is 1.41 bits per heavy atom. The first-order chi connectivity index (χ1) is 8.17. The minimum Gasteiger partial charge on any atom is -0.351 e. The molecule has 90 valence electrons. The molecular weight excluding hydrogens is 212 g/mol. The summed E-state index contributed by atoms with van der Waals surface area (Å²) in [5.74, 6) is -0.694. The molecule has 0 aliphatic heterocycles. The topological polar surface area (TPSA) is 52.9 Å². The Bertz CT molecular complexity index is 403. The molecule has 17 heavy (non-hydrogen) atoms. The SMILES string of the molecule is CCCC(C#N)C(=O)NCc1ccc(C)cc1. The second kappa shape index (κ2) is 6.70. The molecule has 1 atom stereocenters. The van der Waals surface area contributed by atoms with E-state index in [1.807, 2.05) is 44.2 Å². The van der Waals surface area contributed by atoms with Gasteiger partial charge in [0.2, 0.25) is 5.91 Å². The summed E-state index contributed by atoms with van der Waals surface area (Å²) >= 11 is 0. The summed E-state index contributed by atoms with van der Waals surface area (Å²) < 4.78 is 0. The molecule has 0 fully saturated rings. The van der Waals surface area contributed by atoms with Crippen molar-refractivity contribution < 1.29 is 4.79 Å². The Kier molecular flexibility index (Phi) is 5.22. The first-order valence-corrected chi connectivity index (χ1v) is 5.90. The highest BCUT2D eigenvalue weighted by Crippen LogP contribution is 2.06. The van der Waals surface area contributed by atoms with Gasteiger partial charge in [-0.1, -0.05) is 43.2 Å². The van der Waals surface area contributed by atoms with E-state index in [9.17, 15) is 4.79 Å². The fourth-order valence-corrected chi connectivity index (χ4v) is 1.56. The van der Waals surface area contributed by atoms with Crippen molar-refractivity contribution in [2.45, 2.75) is 33.2 Å². The van der Waals surface area contributed by atoms with Crippen LogP contribution in [0.4, 0.5) is 0 Å². The van der Waals surface area contributed by atoms with Gasteiger partial charge in [0.15, 0.2) is 0 Å². The molecule has 0 saturated carbocycles. The van der Waals surface area contributed by atoms with Crippen molar-refractivity contribution in [1.82, 2.24) is 5.32 Å². The zero-order valence-electron chi connectivity index (χ0n) is 10.4. The first kappa shape index (κ1) is 13.2. The van der Waals surface area contributed by atoms with E-state index in [0.717, 1.165) is 12.0 Å². The summed E-state index contributed by atoms with van der Waals surface area (Å²) in [6.45, 7) is 4.48. The van der Waals surface area contributed by atoms with E-state index in [1.165, 1.54) is 5.56 Å². The molecule has 1 N–H and O–H groups in total. The molecule has 0 bridgehead atoms. The van der Waals surface area contributed by atoms with Gasteiger partial charge in [0.25, 0.3) is 0 Å². The molecule has 0 radical (unpaired) electrons. The van der Waals surface area contributed by atoms with Gasteiger partial charge in [0, 0.05) is 6.54 Å². The van der Waals surface area contributed by atoms with Crippen LogP contribution in [-0.2, 0) is 11.3 Å². The molecule has 1 amide bonds. The van der Waals surface area contributed by atoms with Gasteiger partial charge in [-0.3, -0.25) is 4.79 Å². The van der Waals surface area contributed by atoms with Crippen molar-refractivity contribution in [3.8, 4) is 6.07 Å². The fraction of sp³-hybridized carbons (Fsp3) is 0.429. The van der Waals surface area contributed by atoms with Crippen LogP contribution in [0.25, 0.3) is 0 Å². The molecular formula is C14H18N2O. The normalized spacial score (nSPS) is 11.6. The van der Waals surface area contributed by atoms with Crippen molar-refractivity contribution in [2.24, 2.45) is 5.92 Å². The monoisotopic (exact) mass is 230 g/mol. The van der Waals surface area contributed by atoms with E-state index in [-0.39, 0.29) is 5.91 Å². The lowest BCUT2D eigenvalue weighted by Gasteiger charge is -2.09. The van der Waals surface area contributed by atoms with E-state index in [2.05, 4.69) is 5.32 Å². The number of carbonyl (C=O) groups excluding carboxylic acids is 1. The van der Waals surface area contributed by atoms with Crippen LogP contribution in [0.15, 0.2) is 24.3 Å². The minimum absolute atomic E-state index is 0.171. The summed E-state index contributed by atoms with van der Waals surface area (Å²) in [5, 5.41) is 11.6. The summed E-state index contributed by atoms with van der Waals surface area (Å²) in [6, 6.07) is 10.0. The van der Waals surface area contributed by atoms with Crippen molar-refractivity contribution in [3.63, 3.8) is 0 Å². The van der Waals surface area contributed by atoms with Crippen molar-refractivity contribution >= 4 is 5.91 Å². The highest BCUT2D eigenvalue weighted by Gasteiger charge is 2.15. The number of benzene rings is 1. The average Bonchev–Trinajstić information content (AvgIpc) is 2.35. The summed E-state index contributed by atoms with van der Waals surface area (Å²) in [7, 11) is 0. The lowest BCUT2D eigenvalue weighted by molar-refractivity contribution is -0.123. The third kappa shape index (κ3) is 4.28. The third-order valence-electron chi connectivity index (χ3n) is 2.64. The number of hydrogen-bond donors (Lipinski definition) is 1. The molecule has 3 heteroatoms. The number of rotatable bonds is 5. The average molecular weight is 230 g/mol. The Hall–Kier alpha value is -1.82. The number of nitrogens with zero attached hydrogens (tertiary/aromatic N) is 1. The Morgan fingerprint density at radius 3 is 2.59 bits per heavy atom. The second-order valence-corrected chi connectivity index (χ2v) is 4.17. The molecule has 1 rings (SSSR count). The van der Waals surface area contributed by atoms with E-state index in [0.29, 0.717) is 13.0 Å². The predicted molar refractivity (Wildman–Crippen MR) is 67.0 cm³/mol. The maximum absolute atomic E-state index is 11.7. The molecule has 0 aliphatic rings. The van der Waals surface area contributed by atoms with Crippen molar-refractivity contribution in [2.75, 3.05) is 0 Å².